The molecule has 0 saturated carbocycles. The molecule has 3 rings (SSSR count). The Balaban J connectivity index is 0.000000278. The number of hydrogen-bond donors (Lipinski definition) is 3. The molecule has 1 unspecified atom stereocenters. The van der Waals surface area contributed by atoms with Gasteiger partial charge in [0.1, 0.15) is 0 Å². The van der Waals surface area contributed by atoms with Crippen molar-refractivity contribution in [2.45, 2.75) is 17.7 Å². The lowest BCUT2D eigenvalue weighted by atomic mass is 10.1. The summed E-state index contributed by atoms with van der Waals surface area (Å²) in [5, 5.41) is 2.76. The molecule has 5 nitrogen and oxygen atoms in total. The number of hydrogen-bond acceptors (Lipinski definition) is 3. The second kappa shape index (κ2) is 12.6. The lowest BCUT2D eigenvalue weighted by Crippen LogP contribution is -2.26. The summed E-state index contributed by atoms with van der Waals surface area (Å²) in [6, 6.07) is 26.4. The van der Waals surface area contributed by atoms with Gasteiger partial charge < -0.3 is 15.6 Å². The zero-order chi connectivity index (χ0) is 20.9. The van der Waals surface area contributed by atoms with Gasteiger partial charge in [-0.2, -0.15) is 0 Å². The van der Waals surface area contributed by atoms with Crippen molar-refractivity contribution in [1.29, 1.82) is 0 Å². The minimum absolute atomic E-state index is 0.129. The fourth-order valence-electron chi connectivity index (χ4n) is 2.68. The van der Waals surface area contributed by atoms with E-state index in [-0.39, 0.29) is 16.4 Å². The standard InChI is InChI=1S/C15H15NO3S.C8H11N/c17-15(13-8-4-5-9-14(13)20(18)19)16-11-10-12-6-2-1-3-7-12;9-7-6-8-4-2-1-3-5-8/h1-9H,10-11H2,(H,16,17)(H,18,19);1-5H,6-7,9H2. The summed E-state index contributed by atoms with van der Waals surface area (Å²) in [6.45, 7) is 1.22. The van der Waals surface area contributed by atoms with Crippen LogP contribution in [-0.2, 0) is 23.9 Å². The number of nitrogens with two attached hydrogens (primary N) is 1. The van der Waals surface area contributed by atoms with Crippen LogP contribution < -0.4 is 11.1 Å². The van der Waals surface area contributed by atoms with Crippen LogP contribution in [0.4, 0.5) is 0 Å². The minimum atomic E-state index is -2.16. The Hall–Kier alpha value is -2.80. The minimum Gasteiger partial charge on any atom is -0.352 e. The maximum Gasteiger partial charge on any atom is 0.252 e. The van der Waals surface area contributed by atoms with E-state index in [2.05, 4.69) is 17.4 Å². The summed E-state index contributed by atoms with van der Waals surface area (Å²) in [5.74, 6) is -0.334. The van der Waals surface area contributed by atoms with E-state index in [4.69, 9.17) is 10.3 Å². The van der Waals surface area contributed by atoms with Gasteiger partial charge in [-0.15, -0.1) is 0 Å². The van der Waals surface area contributed by atoms with Gasteiger partial charge in [0.15, 0.2) is 11.1 Å². The smallest absolute Gasteiger partial charge is 0.252 e. The van der Waals surface area contributed by atoms with Crippen LogP contribution in [-0.4, -0.2) is 27.8 Å². The van der Waals surface area contributed by atoms with Crippen LogP contribution in [0.25, 0.3) is 0 Å². The molecule has 1 atom stereocenters. The van der Waals surface area contributed by atoms with Gasteiger partial charge in [-0.1, -0.05) is 72.8 Å². The molecule has 0 spiro atoms. The zero-order valence-electron chi connectivity index (χ0n) is 16.2. The van der Waals surface area contributed by atoms with Crippen molar-refractivity contribution in [3.8, 4) is 0 Å². The molecule has 29 heavy (non-hydrogen) atoms. The van der Waals surface area contributed by atoms with Crippen molar-refractivity contribution >= 4 is 17.0 Å². The van der Waals surface area contributed by atoms with E-state index < -0.39 is 11.1 Å². The average Bonchev–Trinajstić information content (AvgIpc) is 2.76. The summed E-state index contributed by atoms with van der Waals surface area (Å²) in [4.78, 5) is 12.1. The fourth-order valence-corrected chi connectivity index (χ4v) is 3.22. The van der Waals surface area contributed by atoms with Gasteiger partial charge in [0.2, 0.25) is 0 Å². The maximum atomic E-state index is 12.0. The lowest BCUT2D eigenvalue weighted by molar-refractivity contribution is 0.0951. The van der Waals surface area contributed by atoms with E-state index in [1.54, 1.807) is 18.2 Å². The molecule has 0 aliphatic heterocycles. The molecule has 0 fully saturated rings. The highest BCUT2D eigenvalue weighted by atomic mass is 32.2. The van der Waals surface area contributed by atoms with Crippen LogP contribution >= 0.6 is 0 Å². The van der Waals surface area contributed by atoms with E-state index in [1.165, 1.54) is 11.6 Å². The van der Waals surface area contributed by atoms with Crippen molar-refractivity contribution in [3.05, 3.63) is 102 Å². The molecule has 0 aromatic heterocycles. The molecule has 0 radical (unpaired) electrons. The van der Waals surface area contributed by atoms with E-state index in [0.29, 0.717) is 6.54 Å². The van der Waals surface area contributed by atoms with Gasteiger partial charge in [-0.05, 0) is 42.6 Å². The predicted molar refractivity (Wildman–Crippen MR) is 117 cm³/mol. The summed E-state index contributed by atoms with van der Waals surface area (Å²) in [5.41, 5.74) is 8.05. The van der Waals surface area contributed by atoms with Gasteiger partial charge in [-0.25, -0.2) is 4.21 Å². The Morgan fingerprint density at radius 1 is 0.828 bits per heavy atom. The predicted octanol–water partition coefficient (Wildman–Crippen LogP) is 3.43. The summed E-state index contributed by atoms with van der Waals surface area (Å²) >= 11 is -2.16. The molecule has 0 heterocycles. The van der Waals surface area contributed by atoms with E-state index in [0.717, 1.165) is 24.9 Å². The number of carbonyl (C=O) groups excluding carboxylic acids is 1. The van der Waals surface area contributed by atoms with E-state index >= 15 is 0 Å². The SMILES string of the molecule is NCCc1ccccc1.O=C(NCCc1ccccc1)c1ccccc1S(=O)O. The Morgan fingerprint density at radius 3 is 1.90 bits per heavy atom. The van der Waals surface area contributed by atoms with Crippen LogP contribution in [0.15, 0.2) is 89.8 Å². The second-order valence-electron chi connectivity index (χ2n) is 6.26. The third-order valence-electron chi connectivity index (χ3n) is 4.14. The van der Waals surface area contributed by atoms with Gasteiger partial charge in [-0.3, -0.25) is 4.79 Å². The topological polar surface area (TPSA) is 92.4 Å². The van der Waals surface area contributed by atoms with Crippen LogP contribution in [0.5, 0.6) is 0 Å². The summed E-state index contributed by atoms with van der Waals surface area (Å²) < 4.78 is 20.3. The second-order valence-corrected chi connectivity index (χ2v) is 7.20. The van der Waals surface area contributed by atoms with Crippen LogP contribution in [0.2, 0.25) is 0 Å². The van der Waals surface area contributed by atoms with Gasteiger partial charge in [0.05, 0.1) is 10.5 Å². The normalized spacial score (nSPS) is 11.1. The fraction of sp³-hybridized carbons (Fsp3) is 0.174. The first-order valence-electron chi connectivity index (χ1n) is 9.38. The number of nitrogens with one attached hydrogen (secondary N) is 1. The molecule has 0 aliphatic carbocycles. The van der Waals surface area contributed by atoms with Crippen molar-refractivity contribution in [2.24, 2.45) is 5.73 Å². The monoisotopic (exact) mass is 410 g/mol. The third-order valence-corrected chi connectivity index (χ3v) is 4.87. The van der Waals surface area contributed by atoms with Crippen LogP contribution in [0.1, 0.15) is 21.5 Å². The summed E-state index contributed by atoms with van der Waals surface area (Å²) in [6.07, 6.45) is 1.71. The largest absolute Gasteiger partial charge is 0.352 e. The summed E-state index contributed by atoms with van der Waals surface area (Å²) in [7, 11) is 0. The van der Waals surface area contributed by atoms with Gasteiger partial charge >= 0.3 is 0 Å². The van der Waals surface area contributed by atoms with E-state index in [9.17, 15) is 9.00 Å². The van der Waals surface area contributed by atoms with Crippen molar-refractivity contribution < 1.29 is 13.6 Å². The van der Waals surface area contributed by atoms with Gasteiger partial charge in [0.25, 0.3) is 5.91 Å². The highest BCUT2D eigenvalue weighted by Crippen LogP contribution is 2.12. The first-order valence-corrected chi connectivity index (χ1v) is 10.5. The Bertz CT molecular complexity index is 902. The van der Waals surface area contributed by atoms with E-state index in [1.807, 2.05) is 48.5 Å². The maximum absolute atomic E-state index is 12.0. The lowest BCUT2D eigenvalue weighted by Gasteiger charge is -2.08. The quantitative estimate of drug-likeness (QED) is 0.520. The third kappa shape index (κ3) is 7.99. The average molecular weight is 411 g/mol. The number of carbonyl (C=O) groups is 1. The molecule has 1 amide bonds. The molecule has 0 bridgehead atoms. The Labute approximate surface area is 174 Å². The number of rotatable bonds is 7. The molecule has 0 saturated heterocycles. The number of amides is 1. The highest BCUT2D eigenvalue weighted by molar-refractivity contribution is 7.79. The van der Waals surface area contributed by atoms with Crippen molar-refractivity contribution in [2.75, 3.05) is 13.1 Å². The van der Waals surface area contributed by atoms with Gasteiger partial charge in [0, 0.05) is 6.54 Å². The first kappa shape index (κ1) is 22.5. The van der Waals surface area contributed by atoms with Crippen LogP contribution in [0, 0.1) is 0 Å². The number of benzene rings is 3. The molecule has 6 heteroatoms. The molecule has 0 aliphatic rings. The molecule has 3 aromatic carbocycles. The Morgan fingerprint density at radius 2 is 1.34 bits per heavy atom. The first-order chi connectivity index (χ1) is 14.1. The molecular weight excluding hydrogens is 384 g/mol. The molecular formula is C23H26N2O3S. The molecule has 4 N–H and O–H groups in total. The van der Waals surface area contributed by atoms with Crippen molar-refractivity contribution in [3.63, 3.8) is 0 Å². The van der Waals surface area contributed by atoms with Crippen LogP contribution in [0.3, 0.4) is 0 Å². The van der Waals surface area contributed by atoms with Crippen molar-refractivity contribution in [1.82, 2.24) is 5.32 Å². The molecule has 3 aromatic rings. The zero-order valence-corrected chi connectivity index (χ0v) is 17.0. The highest BCUT2D eigenvalue weighted by Gasteiger charge is 2.13. The molecule has 152 valence electrons. The Kier molecular flexibility index (Phi) is 9.78.